The zero-order valence-corrected chi connectivity index (χ0v) is 21.1. The van der Waals surface area contributed by atoms with Crippen LogP contribution in [0.1, 0.15) is 34.5 Å². The van der Waals surface area contributed by atoms with E-state index < -0.39 is 11.7 Å². The Morgan fingerprint density at radius 2 is 2.08 bits per heavy atom. The summed E-state index contributed by atoms with van der Waals surface area (Å²) in [5.41, 5.74) is 1.98. The zero-order chi connectivity index (χ0) is 26.5. The summed E-state index contributed by atoms with van der Waals surface area (Å²) in [6, 6.07) is 13.8. The molecule has 1 atom stereocenters. The third-order valence-corrected chi connectivity index (χ3v) is 6.59. The first-order valence-electron chi connectivity index (χ1n) is 12.6. The summed E-state index contributed by atoms with van der Waals surface area (Å²) in [7, 11) is 0. The Labute approximate surface area is 220 Å². The molecule has 9 heteroatoms. The first-order chi connectivity index (χ1) is 18.5. The molecule has 0 saturated carbocycles. The first-order valence-corrected chi connectivity index (χ1v) is 12.6. The molecule has 5 rings (SSSR count). The molecular weight excluding hydrogens is 483 g/mol. The number of hydrogen-bond donors (Lipinski definition) is 3. The number of halogens is 1. The molecule has 1 aliphatic rings. The van der Waals surface area contributed by atoms with Gasteiger partial charge in [0.15, 0.2) is 0 Å². The van der Waals surface area contributed by atoms with Gasteiger partial charge in [0, 0.05) is 30.0 Å². The molecule has 4 aromatic rings. The number of aliphatic hydroxyl groups excluding tert-OH is 1. The van der Waals surface area contributed by atoms with Gasteiger partial charge >= 0.3 is 0 Å². The molecule has 2 aromatic heterocycles. The molecular formula is C29H29FN6O2. The number of carbonyl (C=O) groups is 1. The Hall–Kier alpha value is -4.21. The van der Waals surface area contributed by atoms with Crippen molar-refractivity contribution in [1.82, 2.24) is 20.3 Å². The van der Waals surface area contributed by atoms with Gasteiger partial charge in [0.25, 0.3) is 5.91 Å². The van der Waals surface area contributed by atoms with Crippen LogP contribution in [0.2, 0.25) is 0 Å². The largest absolute Gasteiger partial charge is 0.392 e. The van der Waals surface area contributed by atoms with E-state index in [-0.39, 0.29) is 24.2 Å². The monoisotopic (exact) mass is 512 g/mol. The Morgan fingerprint density at radius 1 is 1.21 bits per heavy atom. The van der Waals surface area contributed by atoms with Gasteiger partial charge in [-0.05, 0) is 73.7 Å². The molecule has 0 bridgehead atoms. The number of benzene rings is 2. The SMILES string of the molecule is Cc1cccc2ccnc(N(C(=O)c3ccc(Nc4nccc(/C=C/CO)n4)cc3F)[C@@H]3CCCNC3)c12. The van der Waals surface area contributed by atoms with E-state index in [4.69, 9.17) is 5.11 Å². The second-order valence-corrected chi connectivity index (χ2v) is 9.19. The fourth-order valence-corrected chi connectivity index (χ4v) is 4.78. The maximum absolute atomic E-state index is 15.5. The Kier molecular flexibility index (Phi) is 7.67. The average Bonchev–Trinajstić information content (AvgIpc) is 2.93. The summed E-state index contributed by atoms with van der Waals surface area (Å²) in [6.45, 7) is 3.38. The molecule has 8 nitrogen and oxygen atoms in total. The van der Waals surface area contributed by atoms with Crippen LogP contribution in [0.15, 0.2) is 67.0 Å². The molecule has 1 amide bonds. The van der Waals surface area contributed by atoms with Gasteiger partial charge in [-0.15, -0.1) is 0 Å². The van der Waals surface area contributed by atoms with Crippen molar-refractivity contribution >= 4 is 40.2 Å². The minimum Gasteiger partial charge on any atom is -0.392 e. The number of anilines is 3. The lowest BCUT2D eigenvalue weighted by Crippen LogP contribution is -2.49. The van der Waals surface area contributed by atoms with Gasteiger partial charge in [-0.25, -0.2) is 19.3 Å². The van der Waals surface area contributed by atoms with Crippen molar-refractivity contribution in [2.24, 2.45) is 0 Å². The highest BCUT2D eigenvalue weighted by atomic mass is 19.1. The number of nitrogens with one attached hydrogen (secondary N) is 2. The molecule has 0 spiro atoms. The van der Waals surface area contributed by atoms with Crippen molar-refractivity contribution < 1.29 is 14.3 Å². The van der Waals surface area contributed by atoms with Crippen LogP contribution in [-0.4, -0.2) is 51.7 Å². The summed E-state index contributed by atoms with van der Waals surface area (Å²) in [6.07, 6.45) is 8.19. The van der Waals surface area contributed by atoms with Gasteiger partial charge < -0.3 is 15.7 Å². The lowest BCUT2D eigenvalue weighted by atomic mass is 10.0. The quantitative estimate of drug-likeness (QED) is 0.332. The number of aryl methyl sites for hydroxylation is 1. The Balaban J connectivity index is 1.48. The van der Waals surface area contributed by atoms with E-state index in [1.807, 2.05) is 31.2 Å². The van der Waals surface area contributed by atoms with Crippen LogP contribution in [0.5, 0.6) is 0 Å². The number of carbonyl (C=O) groups excluding carboxylic acids is 1. The van der Waals surface area contributed by atoms with Crippen LogP contribution in [-0.2, 0) is 0 Å². The third-order valence-electron chi connectivity index (χ3n) is 6.59. The number of amides is 1. The minimum atomic E-state index is -0.651. The number of fused-ring (bicyclic) bond motifs is 1. The molecule has 1 aliphatic heterocycles. The van der Waals surface area contributed by atoms with Gasteiger partial charge in [0.1, 0.15) is 11.6 Å². The zero-order valence-electron chi connectivity index (χ0n) is 21.1. The van der Waals surface area contributed by atoms with E-state index >= 15 is 4.39 Å². The highest BCUT2D eigenvalue weighted by Gasteiger charge is 2.31. The van der Waals surface area contributed by atoms with E-state index in [1.54, 1.807) is 41.6 Å². The molecule has 3 N–H and O–H groups in total. The van der Waals surface area contributed by atoms with E-state index in [1.165, 1.54) is 12.1 Å². The number of aliphatic hydroxyl groups is 1. The van der Waals surface area contributed by atoms with E-state index in [0.717, 1.165) is 35.7 Å². The molecule has 38 heavy (non-hydrogen) atoms. The van der Waals surface area contributed by atoms with Crippen LogP contribution in [0.3, 0.4) is 0 Å². The third kappa shape index (κ3) is 5.39. The molecule has 194 valence electrons. The van der Waals surface area contributed by atoms with Crippen molar-refractivity contribution in [2.45, 2.75) is 25.8 Å². The summed E-state index contributed by atoms with van der Waals surface area (Å²) in [5, 5.41) is 17.2. The summed E-state index contributed by atoms with van der Waals surface area (Å²) < 4.78 is 15.5. The average molecular weight is 513 g/mol. The predicted octanol–water partition coefficient (Wildman–Crippen LogP) is 4.62. The van der Waals surface area contributed by atoms with Crippen LogP contribution >= 0.6 is 0 Å². The molecule has 1 fully saturated rings. The van der Waals surface area contributed by atoms with Crippen molar-refractivity contribution in [3.63, 3.8) is 0 Å². The second-order valence-electron chi connectivity index (χ2n) is 9.19. The number of pyridine rings is 1. The van der Waals surface area contributed by atoms with E-state index in [9.17, 15) is 4.79 Å². The number of aromatic nitrogens is 3. The van der Waals surface area contributed by atoms with Gasteiger partial charge in [-0.3, -0.25) is 9.69 Å². The van der Waals surface area contributed by atoms with E-state index in [0.29, 0.717) is 23.7 Å². The summed E-state index contributed by atoms with van der Waals surface area (Å²) in [4.78, 5) is 28.8. The highest BCUT2D eigenvalue weighted by Crippen LogP contribution is 2.32. The molecule has 0 aliphatic carbocycles. The maximum atomic E-state index is 15.5. The van der Waals surface area contributed by atoms with Gasteiger partial charge in [-0.1, -0.05) is 24.3 Å². The fourth-order valence-electron chi connectivity index (χ4n) is 4.78. The normalized spacial score (nSPS) is 15.6. The lowest BCUT2D eigenvalue weighted by Gasteiger charge is -2.35. The predicted molar refractivity (Wildman–Crippen MR) is 147 cm³/mol. The van der Waals surface area contributed by atoms with Crippen LogP contribution in [0.25, 0.3) is 16.8 Å². The van der Waals surface area contributed by atoms with Crippen molar-refractivity contribution in [3.05, 3.63) is 89.6 Å². The first kappa shape index (κ1) is 25.4. The van der Waals surface area contributed by atoms with E-state index in [2.05, 4.69) is 25.6 Å². The summed E-state index contributed by atoms with van der Waals surface area (Å²) in [5.74, 6) is -0.267. The van der Waals surface area contributed by atoms with Gasteiger partial charge in [0.2, 0.25) is 5.95 Å². The van der Waals surface area contributed by atoms with Crippen molar-refractivity contribution in [2.75, 3.05) is 29.9 Å². The molecule has 2 aromatic carbocycles. The summed E-state index contributed by atoms with van der Waals surface area (Å²) >= 11 is 0. The lowest BCUT2D eigenvalue weighted by molar-refractivity contribution is 0.0968. The molecule has 0 radical (unpaired) electrons. The molecule has 1 saturated heterocycles. The smallest absolute Gasteiger partial charge is 0.262 e. The number of piperidine rings is 1. The standard InChI is InChI=1S/C29H29FN6O2/c1-19-5-2-6-20-11-14-32-27(26(19)20)36(23-8-3-13-31-18-23)28(38)24-10-9-22(17-25(24)30)35-29-33-15-12-21(34-29)7-4-16-37/h2,4-7,9-12,14-15,17,23,31,37H,3,8,13,16,18H2,1H3,(H,33,34,35)/b7-4+/t23-/m1/s1. The topological polar surface area (TPSA) is 103 Å². The van der Waals surface area contributed by atoms with Crippen LogP contribution < -0.4 is 15.5 Å². The number of rotatable bonds is 7. The van der Waals surface area contributed by atoms with Crippen LogP contribution in [0.4, 0.5) is 21.8 Å². The Bertz CT molecular complexity index is 1480. The fraction of sp³-hybridized carbons (Fsp3) is 0.241. The van der Waals surface area contributed by atoms with Crippen molar-refractivity contribution in [3.8, 4) is 0 Å². The van der Waals surface area contributed by atoms with Crippen LogP contribution in [0, 0.1) is 12.7 Å². The highest BCUT2D eigenvalue weighted by molar-refractivity contribution is 6.11. The van der Waals surface area contributed by atoms with Gasteiger partial charge in [0.05, 0.1) is 23.9 Å². The van der Waals surface area contributed by atoms with Crippen molar-refractivity contribution in [1.29, 1.82) is 0 Å². The number of nitrogens with zero attached hydrogens (tertiary/aromatic N) is 4. The second kappa shape index (κ2) is 11.5. The minimum absolute atomic E-state index is 0.0333. The Morgan fingerprint density at radius 3 is 2.87 bits per heavy atom. The molecule has 3 heterocycles. The maximum Gasteiger partial charge on any atom is 0.262 e. The van der Waals surface area contributed by atoms with Gasteiger partial charge in [-0.2, -0.15) is 0 Å². The molecule has 0 unspecified atom stereocenters. The number of hydrogen-bond acceptors (Lipinski definition) is 7.